The highest BCUT2D eigenvalue weighted by Crippen LogP contribution is 2.26. The van der Waals surface area contributed by atoms with Gasteiger partial charge in [-0.25, -0.2) is 4.39 Å². The number of aromatic nitrogens is 2. The van der Waals surface area contributed by atoms with E-state index in [0.717, 1.165) is 27.9 Å². The molecule has 4 heteroatoms. The Hall–Kier alpha value is -2.20. The van der Waals surface area contributed by atoms with Gasteiger partial charge in [0.1, 0.15) is 5.82 Å². The van der Waals surface area contributed by atoms with Gasteiger partial charge in [-0.3, -0.25) is 4.98 Å². The Morgan fingerprint density at radius 2 is 2.05 bits per heavy atom. The molecule has 0 spiro atoms. The molecule has 3 aromatic rings. The maximum atomic E-state index is 13.3. The van der Waals surface area contributed by atoms with Crippen LogP contribution in [0.2, 0.25) is 0 Å². The lowest BCUT2D eigenvalue weighted by atomic mass is 10.2. The largest absolute Gasteiger partial charge is 0.342 e. The van der Waals surface area contributed by atoms with Gasteiger partial charge in [0.05, 0.1) is 16.9 Å². The molecule has 0 amide bonds. The summed E-state index contributed by atoms with van der Waals surface area (Å²) in [4.78, 5) is 4.37. The molecule has 2 aromatic heterocycles. The highest BCUT2D eigenvalue weighted by molar-refractivity contribution is 5.86. The third-order valence-corrected chi connectivity index (χ3v) is 3.33. The fraction of sp³-hybridized carbons (Fsp3) is 0.133. The SMILES string of the molecule is Cn1c(-c2cc(CN)ccn2)cc2ccc(F)cc21. The van der Waals surface area contributed by atoms with Gasteiger partial charge in [0, 0.05) is 25.2 Å². The minimum Gasteiger partial charge on any atom is -0.342 e. The Morgan fingerprint density at radius 3 is 2.84 bits per heavy atom. The van der Waals surface area contributed by atoms with Gasteiger partial charge in [-0.1, -0.05) is 0 Å². The molecule has 0 saturated carbocycles. The van der Waals surface area contributed by atoms with E-state index in [4.69, 9.17) is 5.73 Å². The predicted molar refractivity (Wildman–Crippen MR) is 74.0 cm³/mol. The first-order chi connectivity index (χ1) is 9.19. The number of pyridine rings is 1. The molecule has 0 radical (unpaired) electrons. The quantitative estimate of drug-likeness (QED) is 0.765. The minimum atomic E-state index is -0.232. The number of hydrogen-bond donors (Lipinski definition) is 1. The van der Waals surface area contributed by atoms with E-state index >= 15 is 0 Å². The molecule has 3 rings (SSSR count). The van der Waals surface area contributed by atoms with Crippen LogP contribution in [0.25, 0.3) is 22.3 Å². The van der Waals surface area contributed by atoms with E-state index in [0.29, 0.717) is 6.54 Å². The monoisotopic (exact) mass is 255 g/mol. The van der Waals surface area contributed by atoms with E-state index < -0.39 is 0 Å². The summed E-state index contributed by atoms with van der Waals surface area (Å²) >= 11 is 0. The molecule has 19 heavy (non-hydrogen) atoms. The normalized spacial score (nSPS) is 11.1. The molecule has 0 fully saturated rings. The predicted octanol–water partition coefficient (Wildman–Crippen LogP) is 2.84. The van der Waals surface area contributed by atoms with E-state index in [2.05, 4.69) is 4.98 Å². The number of nitrogens with two attached hydrogens (primary N) is 1. The molecule has 0 unspecified atom stereocenters. The summed E-state index contributed by atoms with van der Waals surface area (Å²) < 4.78 is 15.2. The smallest absolute Gasteiger partial charge is 0.125 e. The van der Waals surface area contributed by atoms with E-state index in [1.54, 1.807) is 12.3 Å². The van der Waals surface area contributed by atoms with Crippen LogP contribution in [0, 0.1) is 5.82 Å². The van der Waals surface area contributed by atoms with Gasteiger partial charge in [-0.2, -0.15) is 0 Å². The summed E-state index contributed by atoms with van der Waals surface area (Å²) in [6, 6.07) is 10.6. The average molecular weight is 255 g/mol. The lowest BCUT2D eigenvalue weighted by Gasteiger charge is -2.05. The van der Waals surface area contributed by atoms with Crippen LogP contribution >= 0.6 is 0 Å². The van der Waals surface area contributed by atoms with Gasteiger partial charge in [-0.05, 0) is 42.0 Å². The van der Waals surface area contributed by atoms with Crippen molar-refractivity contribution in [2.75, 3.05) is 0 Å². The number of benzene rings is 1. The first-order valence-corrected chi connectivity index (χ1v) is 6.09. The van der Waals surface area contributed by atoms with Crippen LogP contribution < -0.4 is 5.73 Å². The van der Waals surface area contributed by atoms with Crippen LogP contribution in [-0.2, 0) is 13.6 Å². The highest BCUT2D eigenvalue weighted by atomic mass is 19.1. The first kappa shape index (κ1) is 11.9. The Kier molecular flexibility index (Phi) is 2.80. The average Bonchev–Trinajstić information content (AvgIpc) is 2.76. The molecule has 96 valence electrons. The Labute approximate surface area is 110 Å². The van der Waals surface area contributed by atoms with Crippen molar-refractivity contribution >= 4 is 10.9 Å². The van der Waals surface area contributed by atoms with Crippen molar-refractivity contribution in [2.24, 2.45) is 12.8 Å². The maximum absolute atomic E-state index is 13.3. The summed E-state index contributed by atoms with van der Waals surface area (Å²) in [6.45, 7) is 0.480. The van der Waals surface area contributed by atoms with E-state index in [-0.39, 0.29) is 5.82 Å². The van der Waals surface area contributed by atoms with Gasteiger partial charge < -0.3 is 10.3 Å². The molecular weight excluding hydrogens is 241 g/mol. The fourth-order valence-corrected chi connectivity index (χ4v) is 2.29. The van der Waals surface area contributed by atoms with Crippen molar-refractivity contribution in [3.63, 3.8) is 0 Å². The molecule has 0 aliphatic carbocycles. The second kappa shape index (κ2) is 4.48. The number of hydrogen-bond acceptors (Lipinski definition) is 2. The van der Waals surface area contributed by atoms with Crippen LogP contribution in [0.15, 0.2) is 42.6 Å². The van der Waals surface area contributed by atoms with E-state index in [1.807, 2.05) is 29.8 Å². The van der Waals surface area contributed by atoms with Crippen molar-refractivity contribution in [3.8, 4) is 11.4 Å². The van der Waals surface area contributed by atoms with Gasteiger partial charge in [0.15, 0.2) is 0 Å². The second-order valence-corrected chi connectivity index (χ2v) is 4.55. The van der Waals surface area contributed by atoms with Crippen molar-refractivity contribution < 1.29 is 4.39 Å². The summed E-state index contributed by atoms with van der Waals surface area (Å²) in [7, 11) is 1.91. The lowest BCUT2D eigenvalue weighted by molar-refractivity contribution is 0.629. The van der Waals surface area contributed by atoms with Gasteiger partial charge in [0.25, 0.3) is 0 Å². The van der Waals surface area contributed by atoms with Gasteiger partial charge in [0.2, 0.25) is 0 Å². The maximum Gasteiger partial charge on any atom is 0.125 e. The van der Waals surface area contributed by atoms with Crippen molar-refractivity contribution in [3.05, 3.63) is 54.0 Å². The van der Waals surface area contributed by atoms with E-state index in [9.17, 15) is 4.39 Å². The number of rotatable bonds is 2. The minimum absolute atomic E-state index is 0.232. The molecule has 0 aliphatic heterocycles. The number of halogens is 1. The lowest BCUT2D eigenvalue weighted by Crippen LogP contribution is -1.99. The van der Waals surface area contributed by atoms with Crippen molar-refractivity contribution in [2.45, 2.75) is 6.54 Å². The molecule has 2 N–H and O–H groups in total. The molecular formula is C15H14FN3. The van der Waals surface area contributed by atoms with Crippen molar-refractivity contribution in [1.29, 1.82) is 0 Å². The van der Waals surface area contributed by atoms with E-state index in [1.165, 1.54) is 12.1 Å². The third kappa shape index (κ3) is 2.00. The molecule has 0 bridgehead atoms. The summed E-state index contributed by atoms with van der Waals surface area (Å²) in [5.74, 6) is -0.232. The van der Waals surface area contributed by atoms with Crippen LogP contribution in [0.4, 0.5) is 4.39 Å². The van der Waals surface area contributed by atoms with Crippen LogP contribution in [-0.4, -0.2) is 9.55 Å². The number of aryl methyl sites for hydroxylation is 1. The molecule has 1 aromatic carbocycles. The molecule has 0 aliphatic rings. The van der Waals surface area contributed by atoms with Crippen LogP contribution in [0.1, 0.15) is 5.56 Å². The zero-order chi connectivity index (χ0) is 13.4. The third-order valence-electron chi connectivity index (χ3n) is 3.33. The van der Waals surface area contributed by atoms with Crippen LogP contribution in [0.5, 0.6) is 0 Å². The highest BCUT2D eigenvalue weighted by Gasteiger charge is 2.09. The van der Waals surface area contributed by atoms with Crippen LogP contribution in [0.3, 0.4) is 0 Å². The standard InChI is InChI=1S/C15H14FN3/c1-19-14-8-12(16)3-2-11(14)7-15(19)13-6-10(9-17)4-5-18-13/h2-8H,9,17H2,1H3. The Morgan fingerprint density at radius 1 is 1.21 bits per heavy atom. The Bertz CT molecular complexity index is 746. The molecule has 0 atom stereocenters. The van der Waals surface area contributed by atoms with Gasteiger partial charge in [-0.15, -0.1) is 0 Å². The second-order valence-electron chi connectivity index (χ2n) is 4.55. The van der Waals surface area contributed by atoms with Crippen molar-refractivity contribution in [1.82, 2.24) is 9.55 Å². The molecule has 0 saturated heterocycles. The summed E-state index contributed by atoms with van der Waals surface area (Å²) in [5, 5.41) is 0.999. The topological polar surface area (TPSA) is 43.8 Å². The zero-order valence-electron chi connectivity index (χ0n) is 10.6. The number of fused-ring (bicyclic) bond motifs is 1. The first-order valence-electron chi connectivity index (χ1n) is 6.09. The summed E-state index contributed by atoms with van der Waals surface area (Å²) in [5.41, 5.74) is 9.33. The number of nitrogens with zero attached hydrogens (tertiary/aromatic N) is 2. The molecule has 3 nitrogen and oxygen atoms in total. The summed E-state index contributed by atoms with van der Waals surface area (Å²) in [6.07, 6.45) is 1.75. The Balaban J connectivity index is 2.21. The molecule has 2 heterocycles. The fourth-order valence-electron chi connectivity index (χ4n) is 2.29. The van der Waals surface area contributed by atoms with Gasteiger partial charge >= 0.3 is 0 Å². The zero-order valence-corrected chi connectivity index (χ0v) is 10.6.